The van der Waals surface area contributed by atoms with E-state index in [4.69, 9.17) is 4.74 Å². The molecule has 2 aromatic rings. The van der Waals surface area contributed by atoms with Gasteiger partial charge in [0.15, 0.2) is 6.61 Å². The number of rotatable bonds is 6. The highest BCUT2D eigenvalue weighted by Crippen LogP contribution is 2.25. The fourth-order valence-electron chi connectivity index (χ4n) is 2.38. The van der Waals surface area contributed by atoms with Crippen LogP contribution in [0, 0.1) is 6.92 Å². The maximum absolute atomic E-state index is 12.3. The molecule has 0 aliphatic carbocycles. The van der Waals surface area contributed by atoms with Crippen molar-refractivity contribution in [1.82, 2.24) is 10.3 Å². The van der Waals surface area contributed by atoms with E-state index in [1.165, 1.54) is 18.2 Å². The van der Waals surface area contributed by atoms with Gasteiger partial charge in [-0.3, -0.25) is 15.0 Å². The molecule has 8 nitrogen and oxygen atoms in total. The van der Waals surface area contributed by atoms with E-state index in [9.17, 15) is 18.0 Å². The van der Waals surface area contributed by atoms with Crippen molar-refractivity contribution in [1.29, 1.82) is 0 Å². The van der Waals surface area contributed by atoms with Crippen molar-refractivity contribution >= 4 is 27.5 Å². The minimum Gasteiger partial charge on any atom is -0.484 e. The van der Waals surface area contributed by atoms with Crippen molar-refractivity contribution < 1.29 is 22.7 Å². The molecule has 1 aliphatic heterocycles. The van der Waals surface area contributed by atoms with Crippen LogP contribution in [-0.4, -0.2) is 26.8 Å². The van der Waals surface area contributed by atoms with Gasteiger partial charge in [-0.05, 0) is 42.8 Å². The van der Waals surface area contributed by atoms with Crippen LogP contribution in [0.1, 0.15) is 11.1 Å². The Balaban J connectivity index is 1.56. The van der Waals surface area contributed by atoms with E-state index in [0.29, 0.717) is 17.0 Å². The highest BCUT2D eigenvalue weighted by molar-refractivity contribution is 7.89. The Morgan fingerprint density at radius 2 is 1.92 bits per heavy atom. The van der Waals surface area contributed by atoms with Crippen molar-refractivity contribution in [3.05, 3.63) is 53.6 Å². The van der Waals surface area contributed by atoms with Crippen molar-refractivity contribution in [3.63, 3.8) is 0 Å². The van der Waals surface area contributed by atoms with Gasteiger partial charge in [0.25, 0.3) is 15.9 Å². The van der Waals surface area contributed by atoms with Gasteiger partial charge in [-0.2, -0.15) is 0 Å². The lowest BCUT2D eigenvalue weighted by atomic mass is 10.2. The summed E-state index contributed by atoms with van der Waals surface area (Å²) in [5.41, 5.74) is 4.33. The predicted molar refractivity (Wildman–Crippen MR) is 93.9 cm³/mol. The van der Waals surface area contributed by atoms with Gasteiger partial charge in [0.05, 0.1) is 11.3 Å². The highest BCUT2D eigenvalue weighted by Gasteiger charge is 2.22. The van der Waals surface area contributed by atoms with Crippen LogP contribution < -0.4 is 20.3 Å². The number of carbonyl (C=O) groups is 2. The van der Waals surface area contributed by atoms with Crippen LogP contribution >= 0.6 is 0 Å². The Hall–Kier alpha value is -2.91. The molecule has 0 fully saturated rings. The molecule has 1 aliphatic rings. The predicted octanol–water partition coefficient (Wildman–Crippen LogP) is 0.878. The molecule has 0 unspecified atom stereocenters. The average molecular weight is 375 g/mol. The fraction of sp³-hybridized carbons (Fsp3) is 0.176. The summed E-state index contributed by atoms with van der Waals surface area (Å²) in [6.07, 6.45) is 0.120. The zero-order valence-electron chi connectivity index (χ0n) is 13.9. The summed E-state index contributed by atoms with van der Waals surface area (Å²) in [5, 5.41) is 2.62. The number of anilines is 1. The number of hydrogen-bond donors (Lipinski definition) is 3. The minimum atomic E-state index is -3.96. The van der Waals surface area contributed by atoms with Crippen LogP contribution in [0.2, 0.25) is 0 Å². The molecule has 0 spiro atoms. The van der Waals surface area contributed by atoms with Crippen LogP contribution in [0.15, 0.2) is 47.4 Å². The lowest BCUT2D eigenvalue weighted by Crippen LogP contribution is -2.43. The Bertz CT molecular complexity index is 955. The number of benzene rings is 2. The molecular formula is C17H17N3O5S. The topological polar surface area (TPSA) is 114 Å². The highest BCUT2D eigenvalue weighted by atomic mass is 32.2. The second-order valence-corrected chi connectivity index (χ2v) is 7.48. The van der Waals surface area contributed by atoms with E-state index in [0.717, 1.165) is 5.56 Å². The number of fused-ring (bicyclic) bond motifs is 1. The summed E-state index contributed by atoms with van der Waals surface area (Å²) in [4.78, 5) is 25.1. The summed E-state index contributed by atoms with van der Waals surface area (Å²) < 4.78 is 29.8. The molecule has 0 saturated heterocycles. The third-order valence-corrected chi connectivity index (χ3v) is 4.97. The maximum Gasteiger partial charge on any atom is 0.272 e. The lowest BCUT2D eigenvalue weighted by molar-refractivity contribution is -0.123. The number of aryl methyl sites for hydroxylation is 1. The summed E-state index contributed by atoms with van der Waals surface area (Å²) in [6.45, 7) is 1.59. The number of amides is 2. The van der Waals surface area contributed by atoms with Gasteiger partial charge in [0.1, 0.15) is 5.75 Å². The summed E-state index contributed by atoms with van der Waals surface area (Å²) in [6, 6.07) is 11.4. The van der Waals surface area contributed by atoms with E-state index in [1.54, 1.807) is 12.1 Å². The van der Waals surface area contributed by atoms with E-state index in [2.05, 4.69) is 10.7 Å². The first-order valence-electron chi connectivity index (χ1n) is 7.76. The molecular weight excluding hydrogens is 358 g/mol. The molecule has 3 rings (SSSR count). The number of hydrazine groups is 1. The van der Waals surface area contributed by atoms with Gasteiger partial charge in [0.2, 0.25) is 5.91 Å². The number of carbonyl (C=O) groups excluding carboxylic acids is 2. The van der Waals surface area contributed by atoms with Gasteiger partial charge in [0, 0.05) is 5.69 Å². The van der Waals surface area contributed by atoms with Gasteiger partial charge < -0.3 is 10.1 Å². The van der Waals surface area contributed by atoms with E-state index in [-0.39, 0.29) is 23.8 Å². The third kappa shape index (κ3) is 4.19. The van der Waals surface area contributed by atoms with Gasteiger partial charge >= 0.3 is 0 Å². The van der Waals surface area contributed by atoms with E-state index in [1.807, 2.05) is 23.9 Å². The van der Waals surface area contributed by atoms with Gasteiger partial charge in [-0.1, -0.05) is 17.7 Å². The first kappa shape index (κ1) is 17.9. The molecule has 0 atom stereocenters. The van der Waals surface area contributed by atoms with E-state index < -0.39 is 15.9 Å². The third-order valence-electron chi connectivity index (χ3n) is 3.73. The summed E-state index contributed by atoms with van der Waals surface area (Å²) >= 11 is 0. The zero-order chi connectivity index (χ0) is 18.7. The Morgan fingerprint density at radius 3 is 2.65 bits per heavy atom. The molecule has 1 heterocycles. The summed E-state index contributed by atoms with van der Waals surface area (Å²) in [5.74, 6) is -0.333. The summed E-state index contributed by atoms with van der Waals surface area (Å²) in [7, 11) is -3.96. The Kier molecular flexibility index (Phi) is 4.92. The zero-order valence-corrected chi connectivity index (χ0v) is 14.7. The molecule has 9 heteroatoms. The average Bonchev–Trinajstić information content (AvgIpc) is 2.98. The second-order valence-electron chi connectivity index (χ2n) is 5.80. The maximum atomic E-state index is 12.3. The number of nitrogens with one attached hydrogen (secondary N) is 3. The first-order valence-corrected chi connectivity index (χ1v) is 9.25. The van der Waals surface area contributed by atoms with Crippen molar-refractivity contribution in [2.24, 2.45) is 0 Å². The monoisotopic (exact) mass is 375 g/mol. The molecule has 136 valence electrons. The van der Waals surface area contributed by atoms with E-state index >= 15 is 0 Å². The molecule has 0 saturated carbocycles. The van der Waals surface area contributed by atoms with Gasteiger partial charge in [-0.15, -0.1) is 4.83 Å². The number of ether oxygens (including phenoxy) is 1. The molecule has 2 amide bonds. The molecule has 2 aromatic carbocycles. The fourth-order valence-corrected chi connectivity index (χ4v) is 3.29. The van der Waals surface area contributed by atoms with Crippen LogP contribution in [0.3, 0.4) is 0 Å². The largest absolute Gasteiger partial charge is 0.484 e. The lowest BCUT2D eigenvalue weighted by Gasteiger charge is -2.10. The number of hydrogen-bond acceptors (Lipinski definition) is 5. The van der Waals surface area contributed by atoms with Crippen LogP contribution in [-0.2, 0) is 26.0 Å². The molecule has 0 radical (unpaired) electrons. The molecule has 0 bridgehead atoms. The van der Waals surface area contributed by atoms with Crippen molar-refractivity contribution in [2.45, 2.75) is 18.2 Å². The van der Waals surface area contributed by atoms with Crippen LogP contribution in [0.5, 0.6) is 5.75 Å². The van der Waals surface area contributed by atoms with Crippen molar-refractivity contribution in [2.75, 3.05) is 11.9 Å². The van der Waals surface area contributed by atoms with Crippen LogP contribution in [0.4, 0.5) is 5.69 Å². The van der Waals surface area contributed by atoms with Gasteiger partial charge in [-0.25, -0.2) is 8.42 Å². The first-order chi connectivity index (χ1) is 12.3. The quantitative estimate of drug-likeness (QED) is 0.649. The van der Waals surface area contributed by atoms with Crippen molar-refractivity contribution in [3.8, 4) is 5.75 Å². The van der Waals surface area contributed by atoms with Crippen LogP contribution in [0.25, 0.3) is 0 Å². The second kappa shape index (κ2) is 7.14. The normalized spacial score (nSPS) is 13.0. The molecule has 0 aromatic heterocycles. The molecule has 26 heavy (non-hydrogen) atoms. The Labute approximate surface area is 150 Å². The Morgan fingerprint density at radius 1 is 1.19 bits per heavy atom. The smallest absolute Gasteiger partial charge is 0.272 e. The standard InChI is InChI=1S/C17H17N3O5S/c1-11-2-4-13(5-3-11)25-10-17(22)19-20-26(23,24)14-6-7-15-12(8-14)9-16(21)18-15/h2-8,20H,9-10H2,1H3,(H,18,21)(H,19,22). The minimum absolute atomic E-state index is 0.0486. The SMILES string of the molecule is Cc1ccc(OCC(=O)NNS(=O)(=O)c2ccc3c(c2)CC(=O)N3)cc1. The number of sulfonamides is 1. The molecule has 3 N–H and O–H groups in total.